The lowest BCUT2D eigenvalue weighted by Crippen LogP contribution is -2.61. The van der Waals surface area contributed by atoms with Crippen LogP contribution in [0, 0.1) is 0 Å². The van der Waals surface area contributed by atoms with Crippen molar-refractivity contribution in [2.45, 2.75) is 174 Å². The Balaban J connectivity index is 1.52. The lowest BCUT2D eigenvalue weighted by atomic mass is 9.80. The highest BCUT2D eigenvalue weighted by atomic mass is 16.7. The summed E-state index contributed by atoms with van der Waals surface area (Å²) >= 11 is 0. The Bertz CT molecular complexity index is 727. The average molecular weight is 530 g/mol. The minimum Gasteiger partial charge on any atom is -0.462 e. The fraction of sp³-hybridized carbons (Fsp3) is 0.794. The van der Waals surface area contributed by atoms with Crippen LogP contribution in [-0.2, 0) is 21.0 Å². The summed E-state index contributed by atoms with van der Waals surface area (Å²) in [5.41, 5.74) is 0.739. The van der Waals surface area contributed by atoms with E-state index in [9.17, 15) is 4.79 Å². The lowest BCUT2D eigenvalue weighted by Gasteiger charge is -2.53. The molecule has 1 fully saturated rings. The quantitative estimate of drug-likeness (QED) is 0.124. The number of nitrogens with zero attached hydrogens (tertiary/aromatic N) is 1. The molecule has 1 aromatic carbocycles. The van der Waals surface area contributed by atoms with E-state index in [1.807, 2.05) is 18.2 Å². The van der Waals surface area contributed by atoms with Gasteiger partial charge in [0.25, 0.3) is 0 Å². The molecule has 1 aromatic rings. The monoisotopic (exact) mass is 529 g/mol. The Hall–Kier alpha value is -1.39. The normalized spacial score (nSPS) is 17.5. The first kappa shape index (κ1) is 32.8. The molecular formula is C34H59NO3. The molecule has 1 aliphatic heterocycles. The Morgan fingerprint density at radius 2 is 1.18 bits per heavy atom. The van der Waals surface area contributed by atoms with Crippen molar-refractivity contribution in [2.75, 3.05) is 0 Å². The van der Waals surface area contributed by atoms with Crippen molar-refractivity contribution in [1.82, 2.24) is 5.06 Å². The number of ether oxygens (including phenoxy) is 1. The van der Waals surface area contributed by atoms with Crippen molar-refractivity contribution in [2.24, 2.45) is 0 Å². The SMILES string of the molecule is CCCCCCCCCCCCCCCCCC(=O)OC1CC(C)(C)N(OCc2ccccc2)C(C)(C)C1. The van der Waals surface area contributed by atoms with E-state index in [2.05, 4.69) is 51.8 Å². The first-order valence-electron chi connectivity index (χ1n) is 15.9. The molecule has 0 amide bonds. The molecule has 0 bridgehead atoms. The standard InChI is InChI=1S/C34H59NO3/c1-6-7-8-9-10-11-12-13-14-15-16-17-18-19-23-26-32(36)38-31-27-33(2,3)35(34(4,5)28-31)37-29-30-24-21-20-22-25-30/h20-22,24-25,31H,6-19,23,26-29H2,1-5H3. The van der Waals surface area contributed by atoms with Gasteiger partial charge in [-0.25, -0.2) is 0 Å². The number of hydrogen-bond donors (Lipinski definition) is 0. The van der Waals surface area contributed by atoms with Crippen molar-refractivity contribution in [3.8, 4) is 0 Å². The van der Waals surface area contributed by atoms with Crippen LogP contribution in [0.3, 0.4) is 0 Å². The molecule has 4 heteroatoms. The molecule has 0 spiro atoms. The van der Waals surface area contributed by atoms with Crippen molar-refractivity contribution in [3.63, 3.8) is 0 Å². The van der Waals surface area contributed by atoms with E-state index in [4.69, 9.17) is 9.57 Å². The predicted molar refractivity (Wildman–Crippen MR) is 160 cm³/mol. The molecule has 0 aliphatic carbocycles. The van der Waals surface area contributed by atoms with E-state index in [0.29, 0.717) is 13.0 Å². The molecule has 1 aliphatic rings. The fourth-order valence-electron chi connectivity index (χ4n) is 6.20. The molecule has 2 rings (SSSR count). The summed E-state index contributed by atoms with van der Waals surface area (Å²) in [5.74, 6) is -0.0325. The second kappa shape index (κ2) is 18.1. The zero-order valence-corrected chi connectivity index (χ0v) is 25.6. The number of unbranched alkanes of at least 4 members (excludes halogenated alkanes) is 14. The largest absolute Gasteiger partial charge is 0.462 e. The van der Waals surface area contributed by atoms with Gasteiger partial charge in [-0.3, -0.25) is 9.63 Å². The van der Waals surface area contributed by atoms with Crippen LogP contribution < -0.4 is 0 Å². The Morgan fingerprint density at radius 3 is 1.66 bits per heavy atom. The van der Waals surface area contributed by atoms with E-state index >= 15 is 0 Å². The minimum absolute atomic E-state index is 0.0325. The Labute approximate surface area is 235 Å². The third-order valence-electron chi connectivity index (χ3n) is 8.04. The molecule has 0 atom stereocenters. The zero-order valence-electron chi connectivity index (χ0n) is 25.6. The first-order valence-corrected chi connectivity index (χ1v) is 15.9. The highest BCUT2D eigenvalue weighted by Gasteiger charge is 2.47. The van der Waals surface area contributed by atoms with Gasteiger partial charge in [-0.05, 0) is 39.7 Å². The Morgan fingerprint density at radius 1 is 0.737 bits per heavy atom. The third kappa shape index (κ3) is 13.1. The molecule has 0 aromatic heterocycles. The number of rotatable bonds is 20. The van der Waals surface area contributed by atoms with Gasteiger partial charge in [0, 0.05) is 30.3 Å². The van der Waals surface area contributed by atoms with E-state index in [1.54, 1.807) is 0 Å². The molecule has 4 nitrogen and oxygen atoms in total. The molecule has 1 heterocycles. The summed E-state index contributed by atoms with van der Waals surface area (Å²) in [6.45, 7) is 11.6. The second-order valence-electron chi connectivity index (χ2n) is 12.9. The summed E-state index contributed by atoms with van der Waals surface area (Å²) in [7, 11) is 0. The van der Waals surface area contributed by atoms with E-state index in [1.165, 1.54) is 83.5 Å². The first-order chi connectivity index (χ1) is 18.2. The van der Waals surface area contributed by atoms with E-state index in [-0.39, 0.29) is 23.2 Å². The molecule has 0 saturated carbocycles. The van der Waals surface area contributed by atoms with Crippen LogP contribution in [-0.4, -0.2) is 28.2 Å². The van der Waals surface area contributed by atoms with Gasteiger partial charge in [-0.15, -0.1) is 0 Å². The van der Waals surface area contributed by atoms with Gasteiger partial charge in [0.15, 0.2) is 0 Å². The lowest BCUT2D eigenvalue weighted by molar-refractivity contribution is -0.299. The smallest absolute Gasteiger partial charge is 0.306 e. The number of hydroxylamine groups is 2. The molecule has 0 unspecified atom stereocenters. The van der Waals surface area contributed by atoms with Gasteiger partial charge in [0.2, 0.25) is 0 Å². The maximum Gasteiger partial charge on any atom is 0.306 e. The summed E-state index contributed by atoms with van der Waals surface area (Å²) in [4.78, 5) is 18.9. The van der Waals surface area contributed by atoms with Crippen molar-refractivity contribution in [1.29, 1.82) is 0 Å². The summed E-state index contributed by atoms with van der Waals surface area (Å²) in [5, 5.41) is 2.13. The maximum absolute atomic E-state index is 12.6. The van der Waals surface area contributed by atoms with Gasteiger partial charge in [-0.2, -0.15) is 5.06 Å². The van der Waals surface area contributed by atoms with Crippen molar-refractivity contribution in [3.05, 3.63) is 35.9 Å². The summed E-state index contributed by atoms with van der Waals surface area (Å²) in [6.07, 6.45) is 22.1. The number of carbonyl (C=O) groups is 1. The van der Waals surface area contributed by atoms with Crippen LogP contribution in [0.2, 0.25) is 0 Å². The van der Waals surface area contributed by atoms with Crippen LogP contribution in [0.25, 0.3) is 0 Å². The third-order valence-corrected chi connectivity index (χ3v) is 8.04. The average Bonchev–Trinajstić information content (AvgIpc) is 2.85. The number of carbonyl (C=O) groups excluding carboxylic acids is 1. The fourth-order valence-corrected chi connectivity index (χ4v) is 6.20. The zero-order chi connectivity index (χ0) is 27.7. The molecule has 218 valence electrons. The summed E-state index contributed by atoms with van der Waals surface area (Å²) in [6, 6.07) is 10.3. The van der Waals surface area contributed by atoms with E-state index in [0.717, 1.165) is 31.2 Å². The molecular weight excluding hydrogens is 470 g/mol. The van der Waals surface area contributed by atoms with Gasteiger partial charge in [-0.1, -0.05) is 127 Å². The summed E-state index contributed by atoms with van der Waals surface area (Å²) < 4.78 is 5.97. The molecule has 1 saturated heterocycles. The number of esters is 1. The van der Waals surface area contributed by atoms with Crippen molar-refractivity contribution >= 4 is 5.97 Å². The van der Waals surface area contributed by atoms with Gasteiger partial charge in [0.05, 0.1) is 6.61 Å². The Kier molecular flexibility index (Phi) is 15.6. The van der Waals surface area contributed by atoms with Crippen LogP contribution >= 0.6 is 0 Å². The van der Waals surface area contributed by atoms with Gasteiger partial charge in [0.1, 0.15) is 6.10 Å². The maximum atomic E-state index is 12.6. The molecule has 0 radical (unpaired) electrons. The number of benzene rings is 1. The molecule has 38 heavy (non-hydrogen) atoms. The highest BCUT2D eigenvalue weighted by Crippen LogP contribution is 2.40. The van der Waals surface area contributed by atoms with E-state index < -0.39 is 0 Å². The van der Waals surface area contributed by atoms with Crippen LogP contribution in [0.15, 0.2) is 30.3 Å². The topological polar surface area (TPSA) is 38.8 Å². The van der Waals surface area contributed by atoms with Crippen LogP contribution in [0.5, 0.6) is 0 Å². The minimum atomic E-state index is -0.212. The molecule has 0 N–H and O–H groups in total. The van der Waals surface area contributed by atoms with Gasteiger partial charge >= 0.3 is 5.97 Å². The van der Waals surface area contributed by atoms with Crippen LogP contribution in [0.4, 0.5) is 0 Å². The second-order valence-corrected chi connectivity index (χ2v) is 12.9. The van der Waals surface area contributed by atoms with Crippen LogP contribution in [0.1, 0.15) is 156 Å². The predicted octanol–water partition coefficient (Wildman–Crippen LogP) is 9.94. The van der Waals surface area contributed by atoms with Crippen molar-refractivity contribution < 1.29 is 14.4 Å². The number of piperidine rings is 1. The van der Waals surface area contributed by atoms with Gasteiger partial charge < -0.3 is 4.74 Å². The number of hydrogen-bond acceptors (Lipinski definition) is 4. The highest BCUT2D eigenvalue weighted by molar-refractivity contribution is 5.69.